The van der Waals surface area contributed by atoms with Gasteiger partial charge in [-0.2, -0.15) is 0 Å². The number of para-hydroxylation sites is 3. The largest absolute Gasteiger partial charge is 0.347 e. The summed E-state index contributed by atoms with van der Waals surface area (Å²) in [6, 6.07) is 57.3. The summed E-state index contributed by atoms with van der Waals surface area (Å²) in [5.74, 6) is 0.946. The maximum Gasteiger partial charge on any atom is 0.137 e. The first-order chi connectivity index (χ1) is 25.4. The van der Waals surface area contributed by atoms with E-state index in [4.69, 9.17) is 4.98 Å². The molecule has 0 saturated heterocycles. The van der Waals surface area contributed by atoms with Crippen LogP contribution >= 0.6 is 11.8 Å². The number of rotatable bonds is 7. The molecule has 4 nitrogen and oxygen atoms in total. The second-order valence-electron chi connectivity index (χ2n) is 14.6. The van der Waals surface area contributed by atoms with E-state index in [-0.39, 0.29) is 5.41 Å². The minimum Gasteiger partial charge on any atom is -0.347 e. The molecular weight excluding hydrogens is 653 g/mol. The lowest BCUT2D eigenvalue weighted by molar-refractivity contribution is 0.588. The number of anilines is 3. The van der Waals surface area contributed by atoms with Crippen LogP contribution in [0.3, 0.4) is 0 Å². The Bertz CT molecular complexity index is 2550. The zero-order valence-electron chi connectivity index (χ0n) is 29.7. The normalized spacial score (nSPS) is 12.9. The highest BCUT2D eigenvalue weighted by Crippen LogP contribution is 2.44. The molecular formula is C47H40N4S. The van der Waals surface area contributed by atoms with E-state index in [1.165, 1.54) is 65.4 Å². The minimum atomic E-state index is 0.0212. The minimum absolute atomic E-state index is 0.0212. The Morgan fingerprint density at radius 1 is 0.596 bits per heavy atom. The third kappa shape index (κ3) is 6.01. The van der Waals surface area contributed by atoms with E-state index < -0.39 is 0 Å². The molecule has 254 valence electrons. The fraction of sp³-hybridized carbons (Fsp3) is 0.128. The van der Waals surface area contributed by atoms with Gasteiger partial charge in [-0.05, 0) is 88.3 Å². The summed E-state index contributed by atoms with van der Waals surface area (Å²) in [5.41, 5.74) is 11.0. The van der Waals surface area contributed by atoms with E-state index in [0.29, 0.717) is 0 Å². The Morgan fingerprint density at radius 2 is 1.31 bits per heavy atom. The van der Waals surface area contributed by atoms with Crippen LogP contribution < -0.4 is 9.80 Å². The predicted molar refractivity (Wildman–Crippen MR) is 219 cm³/mol. The van der Waals surface area contributed by atoms with E-state index in [2.05, 4.69) is 193 Å². The summed E-state index contributed by atoms with van der Waals surface area (Å²) in [6.45, 7) is 8.41. The van der Waals surface area contributed by atoms with Crippen LogP contribution in [0.15, 0.2) is 174 Å². The number of nitrogens with zero attached hydrogens (tertiary/aromatic N) is 4. The molecule has 2 aromatic heterocycles. The Kier molecular flexibility index (Phi) is 8.09. The highest BCUT2D eigenvalue weighted by atomic mass is 32.2. The van der Waals surface area contributed by atoms with Crippen LogP contribution in [0.25, 0.3) is 38.8 Å². The standard InChI is InChI=1S/C47H40N4S/c1-47(2,3)36-24-25-48-46(28-36)51-42-19-11-10-18-40(42)41-23-22-38(30-45(41)51)52-39-27-35(34-16-8-5-9-17-34)26-37(29-39)50-32-49(31-33-14-6-4-7-15-33)43-20-12-13-21-44(43)50/h4-30H,31-32H2,1-3H3. The van der Waals surface area contributed by atoms with Crippen molar-refractivity contribution in [2.24, 2.45) is 0 Å². The Balaban J connectivity index is 1.14. The first-order valence-corrected chi connectivity index (χ1v) is 18.7. The molecule has 1 aliphatic rings. The van der Waals surface area contributed by atoms with Crippen LogP contribution in [0.2, 0.25) is 0 Å². The Labute approximate surface area is 310 Å². The lowest BCUT2D eigenvalue weighted by Crippen LogP contribution is -2.27. The lowest BCUT2D eigenvalue weighted by atomic mass is 9.88. The number of pyridine rings is 1. The fourth-order valence-corrected chi connectivity index (χ4v) is 8.39. The Morgan fingerprint density at radius 3 is 2.12 bits per heavy atom. The van der Waals surface area contributed by atoms with Crippen LogP contribution in [0, 0.1) is 0 Å². The van der Waals surface area contributed by atoms with Gasteiger partial charge in [0.05, 0.1) is 29.1 Å². The maximum absolute atomic E-state index is 4.91. The summed E-state index contributed by atoms with van der Waals surface area (Å²) in [4.78, 5) is 12.2. The highest BCUT2D eigenvalue weighted by molar-refractivity contribution is 7.99. The van der Waals surface area contributed by atoms with E-state index in [0.717, 1.165) is 24.5 Å². The molecule has 0 N–H and O–H groups in total. The number of fused-ring (bicyclic) bond motifs is 4. The number of benzene rings is 6. The van der Waals surface area contributed by atoms with Crippen LogP contribution in [-0.2, 0) is 12.0 Å². The molecule has 0 bridgehead atoms. The lowest BCUT2D eigenvalue weighted by Gasteiger charge is -2.23. The number of hydrogen-bond donors (Lipinski definition) is 0. The first-order valence-electron chi connectivity index (χ1n) is 17.9. The molecule has 1 aliphatic heterocycles. The van der Waals surface area contributed by atoms with Crippen molar-refractivity contribution in [2.45, 2.75) is 42.5 Å². The molecule has 3 heterocycles. The molecule has 0 radical (unpaired) electrons. The van der Waals surface area contributed by atoms with Gasteiger partial charge in [0.25, 0.3) is 0 Å². The molecule has 0 spiro atoms. The number of aromatic nitrogens is 2. The second-order valence-corrected chi connectivity index (χ2v) is 15.8. The predicted octanol–water partition coefficient (Wildman–Crippen LogP) is 12.4. The molecule has 6 aromatic carbocycles. The summed E-state index contributed by atoms with van der Waals surface area (Å²) in [7, 11) is 0. The average Bonchev–Trinajstić information content (AvgIpc) is 3.70. The van der Waals surface area contributed by atoms with Gasteiger partial charge in [-0.25, -0.2) is 4.98 Å². The summed E-state index contributed by atoms with van der Waals surface area (Å²) >= 11 is 1.82. The quantitative estimate of drug-likeness (QED) is 0.166. The van der Waals surface area contributed by atoms with Crippen molar-refractivity contribution in [2.75, 3.05) is 16.5 Å². The molecule has 0 aliphatic carbocycles. The van der Waals surface area contributed by atoms with Gasteiger partial charge in [-0.3, -0.25) is 4.57 Å². The SMILES string of the molecule is CC(C)(C)c1ccnc(-n2c3ccccc3c3ccc(Sc4cc(-c5ccccc5)cc(N5CN(Cc6ccccc6)c6ccccc65)c4)cc32)c1. The molecule has 0 unspecified atom stereocenters. The van der Waals surface area contributed by atoms with Crippen molar-refractivity contribution in [3.05, 3.63) is 175 Å². The van der Waals surface area contributed by atoms with Crippen LogP contribution in [-0.4, -0.2) is 16.2 Å². The van der Waals surface area contributed by atoms with E-state index >= 15 is 0 Å². The highest BCUT2D eigenvalue weighted by Gasteiger charge is 2.27. The topological polar surface area (TPSA) is 24.3 Å². The van der Waals surface area contributed by atoms with E-state index in [9.17, 15) is 0 Å². The molecule has 8 aromatic rings. The maximum atomic E-state index is 4.91. The van der Waals surface area contributed by atoms with Crippen LogP contribution in [0.4, 0.5) is 17.1 Å². The number of hydrogen-bond acceptors (Lipinski definition) is 4. The zero-order valence-corrected chi connectivity index (χ0v) is 30.5. The van der Waals surface area contributed by atoms with Crippen molar-refractivity contribution in [1.82, 2.24) is 9.55 Å². The molecule has 52 heavy (non-hydrogen) atoms. The summed E-state index contributed by atoms with van der Waals surface area (Å²) < 4.78 is 2.33. The van der Waals surface area contributed by atoms with Crippen LogP contribution in [0.5, 0.6) is 0 Å². The third-order valence-electron chi connectivity index (χ3n) is 10.1. The molecule has 0 atom stereocenters. The first kappa shape index (κ1) is 32.1. The Hall–Kier alpha value is -5.78. The smallest absolute Gasteiger partial charge is 0.137 e. The van der Waals surface area contributed by atoms with Crippen molar-refractivity contribution in [3.8, 4) is 16.9 Å². The summed E-state index contributed by atoms with van der Waals surface area (Å²) in [6.07, 6.45) is 1.95. The molecule has 0 saturated carbocycles. The second kappa shape index (κ2) is 13.1. The monoisotopic (exact) mass is 692 g/mol. The van der Waals surface area contributed by atoms with Crippen LogP contribution in [0.1, 0.15) is 31.9 Å². The third-order valence-corrected chi connectivity index (χ3v) is 11.0. The van der Waals surface area contributed by atoms with Gasteiger partial charge in [0.2, 0.25) is 0 Å². The van der Waals surface area contributed by atoms with Gasteiger partial charge < -0.3 is 9.80 Å². The fourth-order valence-electron chi connectivity index (χ4n) is 7.44. The van der Waals surface area contributed by atoms with Gasteiger partial charge in [0, 0.05) is 39.0 Å². The molecule has 0 amide bonds. The van der Waals surface area contributed by atoms with Gasteiger partial charge >= 0.3 is 0 Å². The van der Waals surface area contributed by atoms with Crippen molar-refractivity contribution in [1.29, 1.82) is 0 Å². The van der Waals surface area contributed by atoms with Gasteiger partial charge in [0.1, 0.15) is 5.82 Å². The van der Waals surface area contributed by atoms with Crippen molar-refractivity contribution >= 4 is 50.6 Å². The van der Waals surface area contributed by atoms with Crippen molar-refractivity contribution < 1.29 is 0 Å². The van der Waals surface area contributed by atoms with Gasteiger partial charge in [-0.1, -0.05) is 130 Å². The van der Waals surface area contributed by atoms with Gasteiger partial charge in [0.15, 0.2) is 0 Å². The van der Waals surface area contributed by atoms with Gasteiger partial charge in [-0.15, -0.1) is 0 Å². The zero-order chi connectivity index (χ0) is 35.2. The van der Waals surface area contributed by atoms with E-state index in [1.54, 1.807) is 0 Å². The average molecular weight is 693 g/mol. The molecule has 9 rings (SSSR count). The molecule has 0 fully saturated rings. The summed E-state index contributed by atoms with van der Waals surface area (Å²) in [5, 5.41) is 2.46. The van der Waals surface area contributed by atoms with Crippen molar-refractivity contribution in [3.63, 3.8) is 0 Å². The molecule has 5 heteroatoms. The van der Waals surface area contributed by atoms with E-state index in [1.807, 2.05) is 18.0 Å².